The van der Waals surface area contributed by atoms with Crippen LogP contribution in [0.5, 0.6) is 0 Å². The number of carbonyl (C=O) groups is 1. The quantitative estimate of drug-likeness (QED) is 0.672. The molecular weight excluding hydrogens is 200 g/mol. The molecule has 0 N–H and O–H groups in total. The molecule has 0 bridgehead atoms. The van der Waals surface area contributed by atoms with Gasteiger partial charge in [-0.3, -0.25) is 0 Å². The molecule has 0 unspecified atom stereocenters. The third-order valence-corrected chi connectivity index (χ3v) is 5.46. The Labute approximate surface area is 97.7 Å². The Morgan fingerprint density at radius 2 is 2.12 bits per heavy atom. The summed E-state index contributed by atoms with van der Waals surface area (Å²) in [5.41, 5.74) is 0.211. The summed E-state index contributed by atoms with van der Waals surface area (Å²) in [6, 6.07) is 0. The van der Waals surface area contributed by atoms with Crippen LogP contribution >= 0.6 is 0 Å². The van der Waals surface area contributed by atoms with Crippen LogP contribution in [0.15, 0.2) is 0 Å². The summed E-state index contributed by atoms with van der Waals surface area (Å²) in [7, 11) is 0. The van der Waals surface area contributed by atoms with Crippen molar-refractivity contribution in [1.29, 1.82) is 0 Å². The van der Waals surface area contributed by atoms with Gasteiger partial charge in [-0.1, -0.05) is 6.92 Å². The molecule has 0 radical (unpaired) electrons. The van der Waals surface area contributed by atoms with Crippen molar-refractivity contribution in [2.24, 2.45) is 17.8 Å². The van der Waals surface area contributed by atoms with Crippen molar-refractivity contribution in [3.63, 3.8) is 0 Å². The lowest BCUT2D eigenvalue weighted by Gasteiger charge is -2.38. The monoisotopic (exact) mass is 222 g/mol. The van der Waals surface area contributed by atoms with E-state index in [0.717, 1.165) is 18.3 Å². The van der Waals surface area contributed by atoms with E-state index in [1.54, 1.807) is 6.92 Å². The molecule has 1 aliphatic heterocycles. The summed E-state index contributed by atoms with van der Waals surface area (Å²) in [6.45, 7) is 6.35. The van der Waals surface area contributed by atoms with Gasteiger partial charge in [-0.05, 0) is 57.3 Å². The van der Waals surface area contributed by atoms with Gasteiger partial charge in [0, 0.05) is 6.42 Å². The lowest BCUT2D eigenvalue weighted by molar-refractivity contribution is -0.119. The van der Waals surface area contributed by atoms with Crippen molar-refractivity contribution in [2.75, 3.05) is 0 Å². The Balaban J connectivity index is 1.89. The number of rotatable bonds is 2. The second-order valence-corrected chi connectivity index (χ2v) is 6.43. The molecule has 2 heteroatoms. The minimum absolute atomic E-state index is 0.0936. The highest BCUT2D eigenvalue weighted by Gasteiger charge is 2.77. The molecule has 2 saturated carbocycles. The molecule has 3 aliphatic rings. The van der Waals surface area contributed by atoms with Crippen LogP contribution in [0, 0.1) is 17.8 Å². The molecule has 3 fully saturated rings. The highest BCUT2D eigenvalue weighted by atomic mass is 16.6. The summed E-state index contributed by atoms with van der Waals surface area (Å²) < 4.78 is 6.16. The van der Waals surface area contributed by atoms with Gasteiger partial charge in [-0.2, -0.15) is 0 Å². The van der Waals surface area contributed by atoms with E-state index >= 15 is 0 Å². The highest BCUT2D eigenvalue weighted by molar-refractivity contribution is 5.76. The average Bonchev–Trinajstić information content (AvgIpc) is 2.68. The molecule has 0 amide bonds. The fourth-order valence-electron chi connectivity index (χ4n) is 4.71. The first-order valence-corrected chi connectivity index (χ1v) is 6.69. The van der Waals surface area contributed by atoms with Crippen LogP contribution in [0.4, 0.5) is 0 Å². The van der Waals surface area contributed by atoms with Crippen molar-refractivity contribution >= 4 is 5.78 Å². The number of hydrogen-bond acceptors (Lipinski definition) is 2. The molecule has 1 heterocycles. The van der Waals surface area contributed by atoms with Gasteiger partial charge in [0.05, 0.1) is 5.60 Å². The van der Waals surface area contributed by atoms with Crippen molar-refractivity contribution in [1.82, 2.24) is 0 Å². The van der Waals surface area contributed by atoms with Crippen molar-refractivity contribution < 1.29 is 9.53 Å². The Morgan fingerprint density at radius 1 is 1.38 bits per heavy atom. The van der Waals surface area contributed by atoms with Gasteiger partial charge >= 0.3 is 0 Å². The van der Waals surface area contributed by atoms with Crippen LogP contribution in [0.2, 0.25) is 0 Å². The second kappa shape index (κ2) is 3.10. The number of Topliss-reactive ketones (excluding diaryl/α,β-unsaturated/α-hetero) is 1. The summed E-state index contributed by atoms with van der Waals surface area (Å²) in [6.07, 6.45) is 5.72. The van der Waals surface area contributed by atoms with Gasteiger partial charge in [0.1, 0.15) is 11.4 Å². The van der Waals surface area contributed by atoms with E-state index < -0.39 is 0 Å². The van der Waals surface area contributed by atoms with Crippen molar-refractivity contribution in [3.05, 3.63) is 0 Å². The SMILES string of the molecule is CC(=O)C[C@@H]1CC[C@@H](C)[C@H]2CC[C@]3(C)O[C@]123. The van der Waals surface area contributed by atoms with E-state index in [-0.39, 0.29) is 11.2 Å². The van der Waals surface area contributed by atoms with Crippen molar-refractivity contribution in [3.8, 4) is 0 Å². The first-order valence-electron chi connectivity index (χ1n) is 6.69. The molecule has 3 rings (SSSR count). The second-order valence-electron chi connectivity index (χ2n) is 6.43. The van der Waals surface area contributed by atoms with Crippen LogP contribution in [-0.4, -0.2) is 17.0 Å². The number of ether oxygens (including phenoxy) is 1. The molecule has 2 aliphatic carbocycles. The van der Waals surface area contributed by atoms with Crippen molar-refractivity contribution in [2.45, 2.75) is 64.1 Å². The van der Waals surface area contributed by atoms with E-state index in [2.05, 4.69) is 13.8 Å². The van der Waals surface area contributed by atoms with E-state index in [0.29, 0.717) is 11.7 Å². The topological polar surface area (TPSA) is 29.6 Å². The molecule has 0 aromatic rings. The Bertz CT molecular complexity index is 338. The number of hydrogen-bond donors (Lipinski definition) is 0. The molecule has 2 nitrogen and oxygen atoms in total. The fraction of sp³-hybridized carbons (Fsp3) is 0.929. The minimum atomic E-state index is 0.0936. The van der Waals surface area contributed by atoms with Gasteiger partial charge < -0.3 is 9.53 Å². The number of epoxide rings is 1. The van der Waals surface area contributed by atoms with Gasteiger partial charge in [-0.15, -0.1) is 0 Å². The van der Waals surface area contributed by atoms with E-state index in [4.69, 9.17) is 4.74 Å². The summed E-state index contributed by atoms with van der Waals surface area (Å²) in [5, 5.41) is 0. The first kappa shape index (κ1) is 10.8. The smallest absolute Gasteiger partial charge is 0.130 e. The van der Waals surface area contributed by atoms with E-state index in [1.165, 1.54) is 25.7 Å². The Morgan fingerprint density at radius 3 is 2.75 bits per heavy atom. The van der Waals surface area contributed by atoms with Gasteiger partial charge in [0.2, 0.25) is 0 Å². The average molecular weight is 222 g/mol. The lowest BCUT2D eigenvalue weighted by atomic mass is 9.65. The molecule has 16 heavy (non-hydrogen) atoms. The van der Waals surface area contributed by atoms with Gasteiger partial charge in [-0.25, -0.2) is 0 Å². The zero-order valence-corrected chi connectivity index (χ0v) is 10.6. The normalized spacial score (nSPS) is 54.3. The molecule has 0 aromatic heterocycles. The molecule has 0 aromatic carbocycles. The van der Waals surface area contributed by atoms with E-state index in [9.17, 15) is 4.79 Å². The van der Waals surface area contributed by atoms with Crippen LogP contribution in [-0.2, 0) is 9.53 Å². The zero-order valence-electron chi connectivity index (χ0n) is 10.6. The van der Waals surface area contributed by atoms with Gasteiger partial charge in [0.15, 0.2) is 0 Å². The molecule has 90 valence electrons. The predicted octanol–water partition coefficient (Wildman–Crippen LogP) is 2.95. The van der Waals surface area contributed by atoms with E-state index in [1.807, 2.05) is 0 Å². The minimum Gasteiger partial charge on any atom is -0.362 e. The standard InChI is InChI=1S/C14H22O2/c1-9-4-5-11(8-10(2)15)14-12(9)6-7-13(14,3)16-14/h9,11-12H,4-8H2,1-3H3/t9-,11+,12-,13+,14-/m1/s1. The van der Waals surface area contributed by atoms with Crippen LogP contribution in [0.3, 0.4) is 0 Å². The molecule has 1 spiro atoms. The molecular formula is C14H22O2. The zero-order chi connectivity index (χ0) is 11.6. The molecule has 1 saturated heterocycles. The highest BCUT2D eigenvalue weighted by Crippen LogP contribution is 2.70. The largest absolute Gasteiger partial charge is 0.362 e. The maximum absolute atomic E-state index is 11.4. The first-order chi connectivity index (χ1) is 7.49. The van der Waals surface area contributed by atoms with Gasteiger partial charge in [0.25, 0.3) is 0 Å². The van der Waals surface area contributed by atoms with Crippen LogP contribution in [0.25, 0.3) is 0 Å². The summed E-state index contributed by atoms with van der Waals surface area (Å²) in [4.78, 5) is 11.4. The fourth-order valence-corrected chi connectivity index (χ4v) is 4.71. The number of carbonyl (C=O) groups excluding carboxylic acids is 1. The lowest BCUT2D eigenvalue weighted by Crippen LogP contribution is -2.42. The third kappa shape index (κ3) is 1.14. The Kier molecular flexibility index (Phi) is 2.08. The summed E-state index contributed by atoms with van der Waals surface area (Å²) >= 11 is 0. The Hall–Kier alpha value is -0.370. The van der Waals surface area contributed by atoms with Crippen LogP contribution < -0.4 is 0 Å². The maximum atomic E-state index is 11.4. The van der Waals surface area contributed by atoms with Crippen LogP contribution in [0.1, 0.15) is 52.9 Å². The summed E-state index contributed by atoms with van der Waals surface area (Å²) in [5.74, 6) is 2.33. The maximum Gasteiger partial charge on any atom is 0.130 e. The predicted molar refractivity (Wildman–Crippen MR) is 62.1 cm³/mol. The number of ketones is 1. The third-order valence-electron chi connectivity index (χ3n) is 5.46. The molecule has 5 atom stereocenters.